The highest BCUT2D eigenvalue weighted by Crippen LogP contribution is 2.34. The fourth-order valence-electron chi connectivity index (χ4n) is 3.06. The smallest absolute Gasteiger partial charge is 0.261 e. The minimum Gasteiger partial charge on any atom is -0.455 e. The number of rotatable bonds is 6. The van der Waals surface area contributed by atoms with Crippen molar-refractivity contribution in [2.45, 2.75) is 32.2 Å². The standard InChI is InChI=1S/C21H22N2O4S/c1-22-21(24)18-10-16-17(11-23-12-19(16)28-18)27-15-7-5-14(6-8-15)13-26-20-4-2-3-9-25-20/h5-8,10-12,20H,2-4,9,13H2,1H3,(H,22,24). The zero-order chi connectivity index (χ0) is 19.3. The van der Waals surface area contributed by atoms with Gasteiger partial charge in [0.2, 0.25) is 0 Å². The van der Waals surface area contributed by atoms with Crippen LogP contribution < -0.4 is 10.1 Å². The molecule has 1 aliphatic heterocycles. The Morgan fingerprint density at radius 3 is 2.89 bits per heavy atom. The second kappa shape index (κ2) is 8.68. The highest BCUT2D eigenvalue weighted by molar-refractivity contribution is 7.20. The third-order valence-corrected chi connectivity index (χ3v) is 5.65. The van der Waals surface area contributed by atoms with Gasteiger partial charge in [-0.2, -0.15) is 0 Å². The predicted octanol–water partition coefficient (Wildman–Crippen LogP) is 4.49. The largest absolute Gasteiger partial charge is 0.455 e. The van der Waals surface area contributed by atoms with E-state index in [1.807, 2.05) is 30.3 Å². The molecule has 1 unspecified atom stereocenters. The molecular formula is C21H22N2O4S. The van der Waals surface area contributed by atoms with Gasteiger partial charge in [-0.25, -0.2) is 0 Å². The number of nitrogens with one attached hydrogen (secondary N) is 1. The molecule has 7 heteroatoms. The summed E-state index contributed by atoms with van der Waals surface area (Å²) in [5, 5.41) is 3.52. The summed E-state index contributed by atoms with van der Waals surface area (Å²) in [7, 11) is 1.62. The Morgan fingerprint density at radius 2 is 2.14 bits per heavy atom. The lowest BCUT2D eigenvalue weighted by Gasteiger charge is -2.22. The minimum absolute atomic E-state index is 0.0959. The summed E-state index contributed by atoms with van der Waals surface area (Å²) < 4.78 is 18.3. The first-order chi connectivity index (χ1) is 13.7. The highest BCUT2D eigenvalue weighted by Gasteiger charge is 2.15. The van der Waals surface area contributed by atoms with E-state index in [0.29, 0.717) is 23.0 Å². The van der Waals surface area contributed by atoms with Gasteiger partial charge in [0.05, 0.1) is 22.4 Å². The Hall–Kier alpha value is -2.48. The van der Waals surface area contributed by atoms with Gasteiger partial charge < -0.3 is 19.5 Å². The Morgan fingerprint density at radius 1 is 1.29 bits per heavy atom. The van der Waals surface area contributed by atoms with E-state index in [4.69, 9.17) is 14.2 Å². The predicted molar refractivity (Wildman–Crippen MR) is 108 cm³/mol. The summed E-state index contributed by atoms with van der Waals surface area (Å²) in [6.45, 7) is 1.29. The number of carbonyl (C=O) groups excluding carboxylic acids is 1. The Balaban J connectivity index is 1.44. The van der Waals surface area contributed by atoms with Gasteiger partial charge in [0, 0.05) is 25.2 Å². The molecule has 1 saturated heterocycles. The molecule has 0 saturated carbocycles. The lowest BCUT2D eigenvalue weighted by atomic mass is 10.2. The lowest BCUT2D eigenvalue weighted by Crippen LogP contribution is -2.21. The number of hydrogen-bond acceptors (Lipinski definition) is 6. The van der Waals surface area contributed by atoms with Crippen LogP contribution in [0.5, 0.6) is 11.5 Å². The summed E-state index contributed by atoms with van der Waals surface area (Å²) >= 11 is 1.39. The van der Waals surface area contributed by atoms with E-state index >= 15 is 0 Å². The van der Waals surface area contributed by atoms with E-state index in [1.165, 1.54) is 11.3 Å². The van der Waals surface area contributed by atoms with Crippen LogP contribution in [0, 0.1) is 0 Å². The van der Waals surface area contributed by atoms with Crippen LogP contribution in [0.25, 0.3) is 10.1 Å². The normalized spacial score (nSPS) is 16.8. The number of thiophene rings is 1. The fraction of sp³-hybridized carbons (Fsp3) is 0.333. The van der Waals surface area contributed by atoms with Crippen LogP contribution in [0.2, 0.25) is 0 Å². The molecule has 6 nitrogen and oxygen atoms in total. The molecular weight excluding hydrogens is 376 g/mol. The summed E-state index contributed by atoms with van der Waals surface area (Å²) in [5.74, 6) is 1.22. The van der Waals surface area contributed by atoms with E-state index in [-0.39, 0.29) is 12.2 Å². The van der Waals surface area contributed by atoms with Crippen LogP contribution >= 0.6 is 11.3 Å². The SMILES string of the molecule is CNC(=O)c1cc2c(Oc3ccc(COC4CCCCO4)cc3)cncc2s1. The maximum atomic E-state index is 11.9. The maximum Gasteiger partial charge on any atom is 0.261 e. The lowest BCUT2D eigenvalue weighted by molar-refractivity contribution is -0.168. The minimum atomic E-state index is -0.113. The van der Waals surface area contributed by atoms with E-state index in [2.05, 4.69) is 10.3 Å². The van der Waals surface area contributed by atoms with Crippen molar-refractivity contribution < 1.29 is 19.0 Å². The number of pyridine rings is 1. The number of carbonyl (C=O) groups is 1. The Bertz CT molecular complexity index is 949. The summed E-state index contributed by atoms with van der Waals surface area (Å²) in [6, 6.07) is 9.61. The molecule has 3 aromatic rings. The van der Waals surface area contributed by atoms with E-state index < -0.39 is 0 Å². The molecule has 0 spiro atoms. The van der Waals surface area contributed by atoms with Crippen molar-refractivity contribution in [2.24, 2.45) is 0 Å². The molecule has 1 atom stereocenters. The molecule has 0 aliphatic carbocycles. The van der Waals surface area contributed by atoms with Crippen molar-refractivity contribution in [1.82, 2.24) is 10.3 Å². The second-order valence-corrected chi connectivity index (χ2v) is 7.68. The fourth-order valence-corrected chi connectivity index (χ4v) is 4.06. The summed E-state index contributed by atoms with van der Waals surface area (Å²) in [4.78, 5) is 16.7. The molecule has 1 aliphatic rings. The van der Waals surface area contributed by atoms with Gasteiger partial charge in [0.25, 0.3) is 5.91 Å². The van der Waals surface area contributed by atoms with Crippen LogP contribution in [0.3, 0.4) is 0 Å². The first kappa shape index (κ1) is 18.9. The summed E-state index contributed by atoms with van der Waals surface area (Å²) in [5.41, 5.74) is 1.07. The van der Waals surface area contributed by atoms with E-state index in [9.17, 15) is 4.79 Å². The Kier molecular flexibility index (Phi) is 5.85. The third kappa shape index (κ3) is 4.32. The van der Waals surface area contributed by atoms with Crippen molar-refractivity contribution >= 4 is 27.3 Å². The number of benzene rings is 1. The van der Waals surface area contributed by atoms with Crippen LogP contribution in [-0.2, 0) is 16.1 Å². The molecule has 1 aromatic carbocycles. The van der Waals surface area contributed by atoms with Crippen molar-refractivity contribution in [3.05, 3.63) is 53.2 Å². The molecule has 146 valence electrons. The zero-order valence-electron chi connectivity index (χ0n) is 15.6. The van der Waals surface area contributed by atoms with Gasteiger partial charge in [-0.3, -0.25) is 9.78 Å². The van der Waals surface area contributed by atoms with Gasteiger partial charge in [0.1, 0.15) is 5.75 Å². The van der Waals surface area contributed by atoms with Crippen molar-refractivity contribution in [3.8, 4) is 11.5 Å². The number of hydrogen-bond donors (Lipinski definition) is 1. The molecule has 1 N–H and O–H groups in total. The molecule has 4 rings (SSSR count). The van der Waals surface area contributed by atoms with Crippen LogP contribution in [0.15, 0.2) is 42.7 Å². The average molecular weight is 398 g/mol. The summed E-state index contributed by atoms with van der Waals surface area (Å²) in [6.07, 6.45) is 6.54. The van der Waals surface area contributed by atoms with Crippen molar-refractivity contribution in [2.75, 3.05) is 13.7 Å². The van der Waals surface area contributed by atoms with Crippen molar-refractivity contribution in [3.63, 3.8) is 0 Å². The molecule has 0 radical (unpaired) electrons. The average Bonchev–Trinajstić information content (AvgIpc) is 3.19. The van der Waals surface area contributed by atoms with Gasteiger partial charge >= 0.3 is 0 Å². The number of amides is 1. The molecule has 1 fully saturated rings. The number of ether oxygens (including phenoxy) is 3. The molecule has 28 heavy (non-hydrogen) atoms. The van der Waals surface area contributed by atoms with Crippen LogP contribution in [0.4, 0.5) is 0 Å². The topological polar surface area (TPSA) is 69.7 Å². The van der Waals surface area contributed by atoms with Gasteiger partial charge in [0.15, 0.2) is 12.0 Å². The van der Waals surface area contributed by atoms with E-state index in [0.717, 1.165) is 41.5 Å². The quantitative estimate of drug-likeness (QED) is 0.662. The number of aromatic nitrogens is 1. The molecule has 0 bridgehead atoms. The first-order valence-electron chi connectivity index (χ1n) is 9.32. The maximum absolute atomic E-state index is 11.9. The molecule has 1 amide bonds. The van der Waals surface area contributed by atoms with Crippen LogP contribution in [-0.4, -0.2) is 30.8 Å². The van der Waals surface area contributed by atoms with Crippen LogP contribution in [0.1, 0.15) is 34.5 Å². The molecule has 2 aromatic heterocycles. The highest BCUT2D eigenvalue weighted by atomic mass is 32.1. The monoisotopic (exact) mass is 398 g/mol. The zero-order valence-corrected chi connectivity index (χ0v) is 16.5. The number of fused-ring (bicyclic) bond motifs is 1. The number of nitrogens with zero attached hydrogens (tertiary/aromatic N) is 1. The second-order valence-electron chi connectivity index (χ2n) is 6.59. The Labute approximate surface area is 167 Å². The van der Waals surface area contributed by atoms with Gasteiger partial charge in [-0.05, 0) is 43.0 Å². The molecule has 3 heterocycles. The third-order valence-electron chi connectivity index (χ3n) is 4.59. The van der Waals surface area contributed by atoms with Gasteiger partial charge in [-0.1, -0.05) is 12.1 Å². The van der Waals surface area contributed by atoms with Gasteiger partial charge in [-0.15, -0.1) is 11.3 Å². The van der Waals surface area contributed by atoms with E-state index in [1.54, 1.807) is 19.4 Å². The van der Waals surface area contributed by atoms with Crippen molar-refractivity contribution in [1.29, 1.82) is 0 Å². The first-order valence-corrected chi connectivity index (χ1v) is 10.1.